The average Bonchev–Trinajstić information content (AvgIpc) is 3.07. The molecule has 7 nitrogen and oxygen atoms in total. The van der Waals surface area contributed by atoms with Crippen LogP contribution in [0.2, 0.25) is 0 Å². The van der Waals surface area contributed by atoms with E-state index in [2.05, 4.69) is 27.8 Å². The van der Waals surface area contributed by atoms with Crippen LogP contribution in [0.1, 0.15) is 19.8 Å². The standard InChI is InChI=1S/C13H21N5O2.ClH/c1-2-3-14-4-5-15-13(20)10-6-12(19)18(9-10)11-7-16-17-8-11;/h7-8,10,14H,2-6,9H2,1H3,(H,15,20)(H,16,17);1H. The molecule has 0 spiro atoms. The summed E-state index contributed by atoms with van der Waals surface area (Å²) < 4.78 is 0. The fourth-order valence-corrected chi connectivity index (χ4v) is 2.24. The predicted octanol–water partition coefficient (Wildman–Crippen LogP) is 0.300. The number of nitrogens with one attached hydrogen (secondary N) is 3. The number of amides is 2. The molecule has 1 aliphatic rings. The van der Waals surface area contributed by atoms with Gasteiger partial charge in [0.15, 0.2) is 0 Å². The molecule has 21 heavy (non-hydrogen) atoms. The summed E-state index contributed by atoms with van der Waals surface area (Å²) in [6, 6.07) is 0. The number of anilines is 1. The topological polar surface area (TPSA) is 90.1 Å². The van der Waals surface area contributed by atoms with E-state index in [0.717, 1.165) is 25.2 Å². The van der Waals surface area contributed by atoms with Gasteiger partial charge in [-0.25, -0.2) is 0 Å². The third-order valence-electron chi connectivity index (χ3n) is 3.32. The Hall–Kier alpha value is -1.60. The lowest BCUT2D eigenvalue weighted by molar-refractivity contribution is -0.126. The lowest BCUT2D eigenvalue weighted by atomic mass is 10.1. The van der Waals surface area contributed by atoms with Gasteiger partial charge in [0, 0.05) is 32.3 Å². The van der Waals surface area contributed by atoms with Gasteiger partial charge in [0.05, 0.1) is 17.8 Å². The van der Waals surface area contributed by atoms with Gasteiger partial charge in [0.25, 0.3) is 0 Å². The fourth-order valence-electron chi connectivity index (χ4n) is 2.24. The predicted molar refractivity (Wildman–Crippen MR) is 82.5 cm³/mol. The van der Waals surface area contributed by atoms with Crippen LogP contribution in [0.15, 0.2) is 12.4 Å². The lowest BCUT2D eigenvalue weighted by Gasteiger charge is -2.14. The van der Waals surface area contributed by atoms with Gasteiger partial charge in [-0.05, 0) is 13.0 Å². The maximum atomic E-state index is 12.0. The van der Waals surface area contributed by atoms with Crippen molar-refractivity contribution in [2.75, 3.05) is 31.1 Å². The van der Waals surface area contributed by atoms with Gasteiger partial charge >= 0.3 is 0 Å². The molecule has 0 aliphatic carbocycles. The van der Waals surface area contributed by atoms with Gasteiger partial charge < -0.3 is 15.5 Å². The van der Waals surface area contributed by atoms with Crippen LogP contribution in [0.5, 0.6) is 0 Å². The SMILES string of the molecule is CCCNCCNC(=O)C1CC(=O)N(c2cn[nH]c2)C1.Cl. The molecule has 8 heteroatoms. The molecule has 1 unspecified atom stereocenters. The van der Waals surface area contributed by atoms with Crippen LogP contribution in [0.4, 0.5) is 5.69 Å². The summed E-state index contributed by atoms with van der Waals surface area (Å²) in [5.74, 6) is -0.359. The van der Waals surface area contributed by atoms with E-state index in [9.17, 15) is 9.59 Å². The van der Waals surface area contributed by atoms with E-state index in [1.807, 2.05) is 0 Å². The fraction of sp³-hybridized carbons (Fsp3) is 0.615. The monoisotopic (exact) mass is 315 g/mol. The highest BCUT2D eigenvalue weighted by Crippen LogP contribution is 2.23. The zero-order valence-electron chi connectivity index (χ0n) is 12.1. The number of halogens is 1. The van der Waals surface area contributed by atoms with Gasteiger partial charge in [-0.3, -0.25) is 14.7 Å². The molecule has 1 fully saturated rings. The highest BCUT2D eigenvalue weighted by molar-refractivity contribution is 6.00. The van der Waals surface area contributed by atoms with E-state index in [1.54, 1.807) is 17.3 Å². The first-order valence-corrected chi connectivity index (χ1v) is 7.00. The highest BCUT2D eigenvalue weighted by atomic mass is 35.5. The molecule has 3 N–H and O–H groups in total. The summed E-state index contributed by atoms with van der Waals surface area (Å²) in [5, 5.41) is 12.6. The number of aromatic amines is 1. The molecule has 1 saturated heterocycles. The quantitative estimate of drug-likeness (QED) is 0.631. The minimum absolute atomic E-state index is 0. The van der Waals surface area contributed by atoms with E-state index in [-0.39, 0.29) is 36.6 Å². The molecule has 1 aromatic rings. The Kier molecular flexibility index (Phi) is 7.18. The second-order valence-electron chi connectivity index (χ2n) is 4.90. The van der Waals surface area contributed by atoms with Gasteiger partial charge in [-0.15, -0.1) is 12.4 Å². The smallest absolute Gasteiger partial charge is 0.227 e. The highest BCUT2D eigenvalue weighted by Gasteiger charge is 2.35. The Morgan fingerprint density at radius 3 is 2.95 bits per heavy atom. The first kappa shape index (κ1) is 17.5. The summed E-state index contributed by atoms with van der Waals surface area (Å²) in [6.45, 7) is 4.82. The van der Waals surface area contributed by atoms with Crippen molar-refractivity contribution in [3.05, 3.63) is 12.4 Å². The summed E-state index contributed by atoms with van der Waals surface area (Å²) in [7, 11) is 0. The normalized spacial score (nSPS) is 17.7. The van der Waals surface area contributed by atoms with Gasteiger partial charge in [-0.1, -0.05) is 6.92 Å². The Labute approximate surface area is 130 Å². The van der Waals surface area contributed by atoms with Crippen molar-refractivity contribution in [3.63, 3.8) is 0 Å². The van der Waals surface area contributed by atoms with Crippen molar-refractivity contribution in [2.45, 2.75) is 19.8 Å². The number of nitrogens with zero attached hydrogens (tertiary/aromatic N) is 2. The maximum Gasteiger partial charge on any atom is 0.227 e. The number of carbonyl (C=O) groups excluding carboxylic acids is 2. The molecule has 0 aromatic carbocycles. The number of rotatable bonds is 7. The van der Waals surface area contributed by atoms with Crippen LogP contribution in [-0.2, 0) is 9.59 Å². The minimum atomic E-state index is -0.274. The van der Waals surface area contributed by atoms with Gasteiger partial charge in [0.1, 0.15) is 0 Å². The Bertz CT molecular complexity index is 451. The lowest BCUT2D eigenvalue weighted by Crippen LogP contribution is -2.37. The molecule has 1 aromatic heterocycles. The number of hydrogen-bond donors (Lipinski definition) is 3. The van der Waals surface area contributed by atoms with Crippen molar-refractivity contribution in [3.8, 4) is 0 Å². The molecular formula is C13H22ClN5O2. The van der Waals surface area contributed by atoms with Crippen molar-refractivity contribution < 1.29 is 9.59 Å². The molecule has 2 heterocycles. The van der Waals surface area contributed by atoms with Crippen LogP contribution in [0, 0.1) is 5.92 Å². The van der Waals surface area contributed by atoms with Crippen molar-refractivity contribution in [1.82, 2.24) is 20.8 Å². The Morgan fingerprint density at radius 2 is 2.29 bits per heavy atom. The van der Waals surface area contributed by atoms with Crippen LogP contribution in [0.25, 0.3) is 0 Å². The molecule has 2 amide bonds. The zero-order chi connectivity index (χ0) is 14.4. The molecule has 118 valence electrons. The third kappa shape index (κ3) is 4.71. The van der Waals surface area contributed by atoms with E-state index in [0.29, 0.717) is 13.1 Å². The third-order valence-corrected chi connectivity index (χ3v) is 3.32. The summed E-state index contributed by atoms with van der Waals surface area (Å²) in [5.41, 5.74) is 0.718. The summed E-state index contributed by atoms with van der Waals surface area (Å²) in [4.78, 5) is 25.5. The van der Waals surface area contributed by atoms with E-state index >= 15 is 0 Å². The summed E-state index contributed by atoms with van der Waals surface area (Å²) >= 11 is 0. The first-order valence-electron chi connectivity index (χ1n) is 7.00. The van der Waals surface area contributed by atoms with E-state index < -0.39 is 0 Å². The average molecular weight is 316 g/mol. The van der Waals surface area contributed by atoms with E-state index in [4.69, 9.17) is 0 Å². The summed E-state index contributed by atoms with van der Waals surface area (Å²) in [6.07, 6.45) is 4.59. The molecule has 1 aliphatic heterocycles. The maximum absolute atomic E-state index is 12.0. The number of carbonyl (C=O) groups is 2. The molecule has 0 saturated carbocycles. The molecular weight excluding hydrogens is 294 g/mol. The van der Waals surface area contributed by atoms with E-state index in [1.165, 1.54) is 0 Å². The van der Waals surface area contributed by atoms with Crippen LogP contribution >= 0.6 is 12.4 Å². The van der Waals surface area contributed by atoms with Crippen molar-refractivity contribution >= 4 is 29.9 Å². The number of hydrogen-bond acceptors (Lipinski definition) is 4. The number of H-pyrrole nitrogens is 1. The largest absolute Gasteiger partial charge is 0.355 e. The van der Waals surface area contributed by atoms with Crippen LogP contribution in [0.3, 0.4) is 0 Å². The van der Waals surface area contributed by atoms with Crippen LogP contribution in [-0.4, -0.2) is 48.2 Å². The molecule has 1 atom stereocenters. The zero-order valence-corrected chi connectivity index (χ0v) is 12.9. The Morgan fingerprint density at radius 1 is 1.48 bits per heavy atom. The van der Waals surface area contributed by atoms with Crippen LogP contribution < -0.4 is 15.5 Å². The van der Waals surface area contributed by atoms with Crippen molar-refractivity contribution in [2.24, 2.45) is 5.92 Å². The first-order chi connectivity index (χ1) is 9.72. The van der Waals surface area contributed by atoms with Gasteiger partial charge in [-0.2, -0.15) is 5.10 Å². The number of aromatic nitrogens is 2. The van der Waals surface area contributed by atoms with Crippen molar-refractivity contribution in [1.29, 1.82) is 0 Å². The molecule has 0 bridgehead atoms. The van der Waals surface area contributed by atoms with Gasteiger partial charge in [0.2, 0.25) is 11.8 Å². The molecule has 0 radical (unpaired) electrons. The second kappa shape index (κ2) is 8.63. The Balaban J connectivity index is 0.00000220. The molecule has 2 rings (SSSR count). The second-order valence-corrected chi connectivity index (χ2v) is 4.90. The minimum Gasteiger partial charge on any atom is -0.355 e.